The summed E-state index contributed by atoms with van der Waals surface area (Å²) in [6, 6.07) is 5.86. The number of aromatic nitrogens is 3. The van der Waals surface area contributed by atoms with Crippen LogP contribution in [-0.4, -0.2) is 58.2 Å². The normalized spacial score (nSPS) is 13.1. The average molecular weight is 544 g/mol. The third kappa shape index (κ3) is 7.79. The average Bonchev–Trinajstić information content (AvgIpc) is 3.27. The minimum atomic E-state index is -0.825. The Balaban J connectivity index is 1.87. The van der Waals surface area contributed by atoms with Gasteiger partial charge in [0.2, 0.25) is 0 Å². The molecule has 0 radical (unpaired) electrons. The lowest BCUT2D eigenvalue weighted by molar-refractivity contribution is 0.0496. The molecule has 212 valence electrons. The molecule has 2 heterocycles. The lowest BCUT2D eigenvalue weighted by Crippen LogP contribution is -2.48. The number of fused-ring (bicyclic) bond motifs is 1. The van der Waals surface area contributed by atoms with E-state index in [-0.39, 0.29) is 29.3 Å². The first kappa shape index (κ1) is 29.6. The molecular weight excluding hydrogens is 505 g/mol. The molecule has 3 aromatic rings. The molecule has 0 fully saturated rings. The number of carbonyl (C=O) groups is 2. The van der Waals surface area contributed by atoms with Gasteiger partial charge in [-0.2, -0.15) is 5.10 Å². The van der Waals surface area contributed by atoms with Gasteiger partial charge in [-0.25, -0.2) is 14.2 Å². The summed E-state index contributed by atoms with van der Waals surface area (Å²) in [6.07, 6.45) is 2.29. The molecule has 1 aromatic carbocycles. The number of nitrogens with one attached hydrogen (secondary N) is 3. The van der Waals surface area contributed by atoms with E-state index in [2.05, 4.69) is 26.0 Å². The Labute approximate surface area is 227 Å². The molecule has 0 spiro atoms. The van der Waals surface area contributed by atoms with Crippen LogP contribution in [-0.2, 0) is 16.0 Å². The van der Waals surface area contributed by atoms with Crippen LogP contribution in [0.2, 0.25) is 0 Å². The Morgan fingerprint density at radius 2 is 1.85 bits per heavy atom. The van der Waals surface area contributed by atoms with E-state index >= 15 is 4.39 Å². The number of primary amides is 1. The standard InChI is InChI=1S/C27H38FN7O4/c1-7-20(21(8-2)33-26(37)39-27(3,4)5)32-25-19(28)14-18(23(29)36)24(34-25)31-17-9-10-22-16(13-17)15-30-35(22)11-12-38-6/h9-10,13-15,20-21H,7-8,11-12H2,1-6H3,(H2,29,36)(H,33,37)(H2,31,32,34)/t20-,21+/m1/s1. The second-order valence-electron chi connectivity index (χ2n) is 10.2. The molecule has 0 aliphatic heterocycles. The second-order valence-corrected chi connectivity index (χ2v) is 10.2. The van der Waals surface area contributed by atoms with Gasteiger partial charge in [0.15, 0.2) is 11.6 Å². The highest BCUT2D eigenvalue weighted by molar-refractivity contribution is 5.99. The van der Waals surface area contributed by atoms with E-state index in [1.54, 1.807) is 34.1 Å². The van der Waals surface area contributed by atoms with Crippen molar-refractivity contribution in [1.29, 1.82) is 0 Å². The van der Waals surface area contributed by atoms with Crippen molar-refractivity contribution in [2.75, 3.05) is 24.4 Å². The highest BCUT2D eigenvalue weighted by Gasteiger charge is 2.26. The van der Waals surface area contributed by atoms with E-state index in [1.807, 2.05) is 36.7 Å². The van der Waals surface area contributed by atoms with Crippen LogP contribution in [0.5, 0.6) is 0 Å². The summed E-state index contributed by atoms with van der Waals surface area (Å²) in [5, 5.41) is 14.3. The minimum absolute atomic E-state index is 0.0766. The Kier molecular flexibility index (Phi) is 9.68. The topological polar surface area (TPSA) is 145 Å². The van der Waals surface area contributed by atoms with Crippen molar-refractivity contribution in [1.82, 2.24) is 20.1 Å². The Hall–Kier alpha value is -3.93. The third-order valence-electron chi connectivity index (χ3n) is 6.04. The lowest BCUT2D eigenvalue weighted by Gasteiger charge is -2.29. The number of anilines is 3. The van der Waals surface area contributed by atoms with Crippen LogP contribution < -0.4 is 21.7 Å². The second kappa shape index (κ2) is 12.7. The number of nitrogens with zero attached hydrogens (tertiary/aromatic N) is 3. The monoisotopic (exact) mass is 543 g/mol. The van der Waals surface area contributed by atoms with Crippen LogP contribution in [0, 0.1) is 5.82 Å². The molecule has 5 N–H and O–H groups in total. The number of halogens is 1. The fraction of sp³-hybridized carbons (Fsp3) is 0.481. The summed E-state index contributed by atoms with van der Waals surface area (Å²) in [7, 11) is 1.63. The van der Waals surface area contributed by atoms with Gasteiger partial charge in [-0.15, -0.1) is 0 Å². The van der Waals surface area contributed by atoms with Crippen molar-refractivity contribution >= 4 is 40.2 Å². The number of hydrogen-bond donors (Lipinski definition) is 4. The van der Waals surface area contributed by atoms with Crippen molar-refractivity contribution in [3.8, 4) is 0 Å². The van der Waals surface area contributed by atoms with Crippen LogP contribution in [0.25, 0.3) is 10.9 Å². The minimum Gasteiger partial charge on any atom is -0.444 e. The van der Waals surface area contributed by atoms with E-state index in [0.29, 0.717) is 31.7 Å². The molecule has 12 heteroatoms. The van der Waals surface area contributed by atoms with Crippen molar-refractivity contribution < 1.29 is 23.5 Å². The Morgan fingerprint density at radius 1 is 1.13 bits per heavy atom. The van der Waals surface area contributed by atoms with Crippen LogP contribution >= 0.6 is 0 Å². The predicted octanol–water partition coefficient (Wildman–Crippen LogP) is 4.55. The third-order valence-corrected chi connectivity index (χ3v) is 6.04. The van der Waals surface area contributed by atoms with Gasteiger partial charge in [0.05, 0.1) is 36.5 Å². The van der Waals surface area contributed by atoms with Crippen molar-refractivity contribution in [2.45, 2.75) is 71.7 Å². The Bertz CT molecular complexity index is 1310. The number of hydrogen-bond acceptors (Lipinski definition) is 8. The van der Waals surface area contributed by atoms with Gasteiger partial charge < -0.3 is 31.2 Å². The van der Waals surface area contributed by atoms with Crippen molar-refractivity contribution in [2.24, 2.45) is 5.73 Å². The number of alkyl carbamates (subject to hydrolysis) is 1. The van der Waals surface area contributed by atoms with Crippen LogP contribution in [0.4, 0.5) is 26.5 Å². The summed E-state index contributed by atoms with van der Waals surface area (Å²) in [5.41, 5.74) is 6.32. The number of benzene rings is 1. The van der Waals surface area contributed by atoms with E-state index < -0.39 is 23.4 Å². The molecule has 39 heavy (non-hydrogen) atoms. The maximum Gasteiger partial charge on any atom is 0.407 e. The first-order valence-corrected chi connectivity index (χ1v) is 12.9. The predicted molar refractivity (Wildman–Crippen MR) is 149 cm³/mol. The molecule has 0 saturated carbocycles. The summed E-state index contributed by atoms with van der Waals surface area (Å²) < 4.78 is 27.4. The highest BCUT2D eigenvalue weighted by Crippen LogP contribution is 2.27. The SMILES string of the molecule is CC[C@H](NC(=O)OC(C)(C)C)[C@@H](CC)Nc1nc(Nc2ccc3c(cnn3CCOC)c2)c(C(N)=O)cc1F. The van der Waals surface area contributed by atoms with E-state index in [1.165, 1.54) is 0 Å². The fourth-order valence-corrected chi connectivity index (χ4v) is 4.14. The van der Waals surface area contributed by atoms with Crippen LogP contribution in [0.3, 0.4) is 0 Å². The van der Waals surface area contributed by atoms with Crippen LogP contribution in [0.15, 0.2) is 30.5 Å². The van der Waals surface area contributed by atoms with Crippen molar-refractivity contribution in [3.05, 3.63) is 41.8 Å². The molecule has 0 aliphatic carbocycles. The maximum atomic E-state index is 15.1. The molecule has 2 aromatic heterocycles. The number of methoxy groups -OCH3 is 1. The largest absolute Gasteiger partial charge is 0.444 e. The number of ether oxygens (including phenoxy) is 2. The van der Waals surface area contributed by atoms with Gasteiger partial charge >= 0.3 is 6.09 Å². The molecule has 2 atom stereocenters. The maximum absolute atomic E-state index is 15.1. The first-order chi connectivity index (χ1) is 18.4. The van der Waals surface area contributed by atoms with Gasteiger partial charge in [0, 0.05) is 24.2 Å². The molecule has 11 nitrogen and oxygen atoms in total. The van der Waals surface area contributed by atoms with Gasteiger partial charge in [0.1, 0.15) is 11.4 Å². The molecular formula is C27H38FN7O4. The quantitative estimate of drug-likeness (QED) is 0.260. The summed E-state index contributed by atoms with van der Waals surface area (Å²) in [4.78, 5) is 28.9. The van der Waals surface area contributed by atoms with Gasteiger partial charge in [-0.05, 0) is 57.9 Å². The molecule has 0 saturated heterocycles. The van der Waals surface area contributed by atoms with E-state index in [0.717, 1.165) is 17.0 Å². The van der Waals surface area contributed by atoms with Crippen molar-refractivity contribution in [3.63, 3.8) is 0 Å². The number of nitrogens with two attached hydrogens (primary N) is 1. The summed E-state index contributed by atoms with van der Waals surface area (Å²) in [5.74, 6) is -1.54. The zero-order chi connectivity index (χ0) is 28.7. The highest BCUT2D eigenvalue weighted by atomic mass is 19.1. The smallest absolute Gasteiger partial charge is 0.407 e. The molecule has 0 unspecified atom stereocenters. The summed E-state index contributed by atoms with van der Waals surface area (Å²) >= 11 is 0. The lowest BCUT2D eigenvalue weighted by atomic mass is 10.0. The number of amides is 2. The first-order valence-electron chi connectivity index (χ1n) is 12.9. The van der Waals surface area contributed by atoms with E-state index in [9.17, 15) is 9.59 Å². The van der Waals surface area contributed by atoms with Gasteiger partial charge in [-0.1, -0.05) is 13.8 Å². The molecule has 3 rings (SSSR count). The zero-order valence-corrected chi connectivity index (χ0v) is 23.3. The fourth-order valence-electron chi connectivity index (χ4n) is 4.14. The van der Waals surface area contributed by atoms with Crippen LogP contribution in [0.1, 0.15) is 57.8 Å². The number of carbonyl (C=O) groups excluding carboxylic acids is 2. The number of pyridine rings is 1. The number of rotatable bonds is 12. The molecule has 2 amide bonds. The van der Waals surface area contributed by atoms with Gasteiger partial charge in [-0.3, -0.25) is 9.48 Å². The Morgan fingerprint density at radius 3 is 2.46 bits per heavy atom. The molecule has 0 bridgehead atoms. The van der Waals surface area contributed by atoms with E-state index in [4.69, 9.17) is 15.2 Å². The zero-order valence-electron chi connectivity index (χ0n) is 23.3. The summed E-state index contributed by atoms with van der Waals surface area (Å²) in [6.45, 7) is 10.3. The van der Waals surface area contributed by atoms with Gasteiger partial charge in [0.25, 0.3) is 5.91 Å². The molecule has 0 aliphatic rings.